The molecule has 34 heteroatoms. The van der Waals surface area contributed by atoms with E-state index in [-0.39, 0.29) is 81.8 Å². The number of hydrogen-bond acceptors (Lipinski definition) is 30. The number of nitrogens with zero attached hydrogens (tertiary/aromatic N) is 7. The number of methoxy groups -OCH3 is 3. The molecule has 7 rings (SSSR count). The standard InChI is InChI=1S/C84H132N12O22/c1-12-13-14-19-54(4)68(106-9)49-61-24-21-58(8)84(105,118-61)78(102)81(103)95-30-17-15-20-64(95)82(104)116-69(62(85)46-59-22-25-65(97)70(47-59)107-10)50-66(98)55(5)45-57(7)76(101)77(108-11)74(56(6)44-53(2)3)94-115-51-72(100)89-29-33-110-35-37-112-39-41-114-43-42-113-40-38-111-36-34-109-32-27-71(99)88-28-16-18-31-96-80-73(79(86)90-52-91-80)75(93-96)60-23-26-67-63(48-60)92-83(87)117-67/h12-14,19,23,26,45,48,52-53,55-56,58-59,61-62,64-66,68-70,76-77,97-98,101,105H,1,15-18,20-22,24-25,27-44,46-47,49-51,85H2,2-11H3,(H2,87,92)(H,88,99)(H,89,100)(H2,86,90,91)/b14-13+,54-19+,57-45+,94-74+/t55-,56-,58-,59+,61+,62-,64+,65-,66-,68+,69+,70-,76-,77+,84-/m1/s1. The number of carbonyl (C=O) groups excluding carboxylic acids is 5. The number of aromatic nitrogens is 5. The van der Waals surface area contributed by atoms with Gasteiger partial charge in [0, 0.05) is 96.1 Å². The molecule has 0 spiro atoms. The van der Waals surface area contributed by atoms with Crippen molar-refractivity contribution >= 4 is 69.2 Å². The van der Waals surface area contributed by atoms with Gasteiger partial charge >= 0.3 is 5.97 Å². The number of nitrogens with two attached hydrogens (primary N) is 3. The zero-order chi connectivity index (χ0) is 85.7. The first kappa shape index (κ1) is 97.3. The van der Waals surface area contributed by atoms with E-state index in [1.807, 2.05) is 52.0 Å². The highest BCUT2D eigenvalue weighted by molar-refractivity contribution is 6.39. The first-order valence-electron chi connectivity index (χ1n) is 41.5. The summed E-state index contributed by atoms with van der Waals surface area (Å²) in [6, 6.07) is 3.49. The number of Topliss-reactive ketones (excluding diaryl/α,β-unsaturated/α-hetero) is 1. The number of oxime groups is 1. The van der Waals surface area contributed by atoms with Gasteiger partial charge in [-0.05, 0) is 132 Å². The monoisotopic (exact) mass is 1660 g/mol. The van der Waals surface area contributed by atoms with Crippen molar-refractivity contribution in [3.05, 3.63) is 72.6 Å². The third kappa shape index (κ3) is 30.4. The second-order valence-electron chi connectivity index (χ2n) is 31.2. The van der Waals surface area contributed by atoms with Crippen molar-refractivity contribution in [1.29, 1.82) is 0 Å². The third-order valence-corrected chi connectivity index (χ3v) is 21.7. The summed E-state index contributed by atoms with van der Waals surface area (Å²) < 4.78 is 70.5. The number of aryl methyl sites for hydroxylation is 1. The van der Waals surface area contributed by atoms with Crippen LogP contribution in [0, 0.1) is 29.6 Å². The van der Waals surface area contributed by atoms with E-state index in [9.17, 15) is 44.4 Å². The molecule has 3 fully saturated rings. The Balaban J connectivity index is 0.760. The van der Waals surface area contributed by atoms with E-state index in [0.29, 0.717) is 182 Å². The number of hydrogen-bond donors (Lipinski definition) is 9. The molecule has 1 saturated carbocycles. The Morgan fingerprint density at radius 2 is 1.47 bits per heavy atom. The number of piperidine rings is 1. The first-order valence-corrected chi connectivity index (χ1v) is 41.5. The Morgan fingerprint density at radius 1 is 0.797 bits per heavy atom. The van der Waals surface area contributed by atoms with Gasteiger partial charge in [-0.3, -0.25) is 19.2 Å². The number of ether oxygens (including phenoxy) is 11. The highest BCUT2D eigenvalue weighted by Crippen LogP contribution is 2.39. The molecule has 34 nitrogen and oxygen atoms in total. The number of ketones is 1. The Morgan fingerprint density at radius 3 is 2.14 bits per heavy atom. The normalized spacial score (nSPS) is 21.8. The van der Waals surface area contributed by atoms with E-state index in [1.165, 1.54) is 20.5 Å². The van der Waals surface area contributed by atoms with Gasteiger partial charge in [0.05, 0.1) is 121 Å². The molecule has 1 aromatic carbocycles. The highest BCUT2D eigenvalue weighted by atomic mass is 16.6. The van der Waals surface area contributed by atoms with Gasteiger partial charge < -0.3 is 115 Å². The van der Waals surface area contributed by atoms with Crippen LogP contribution in [-0.4, -0.2) is 279 Å². The Bertz CT molecular complexity index is 3870. The van der Waals surface area contributed by atoms with Crippen LogP contribution in [0.25, 0.3) is 33.4 Å². The molecule has 3 aromatic heterocycles. The van der Waals surface area contributed by atoms with Crippen LogP contribution >= 0.6 is 0 Å². The molecule has 0 radical (unpaired) electrons. The number of anilines is 2. The largest absolute Gasteiger partial charge is 0.459 e. The van der Waals surface area contributed by atoms with E-state index >= 15 is 0 Å². The fourth-order valence-corrected chi connectivity index (χ4v) is 15.1. The molecule has 118 heavy (non-hydrogen) atoms. The predicted molar refractivity (Wildman–Crippen MR) is 442 cm³/mol. The zero-order valence-corrected chi connectivity index (χ0v) is 70.7. The van der Waals surface area contributed by atoms with Crippen LogP contribution in [0.15, 0.2) is 82.2 Å². The van der Waals surface area contributed by atoms with Crippen LogP contribution < -0.4 is 27.8 Å². The summed E-state index contributed by atoms with van der Waals surface area (Å²) in [5.41, 5.74) is 23.9. The molecule has 12 N–H and O–H groups in total. The van der Waals surface area contributed by atoms with E-state index in [0.717, 1.165) is 28.9 Å². The number of allylic oxidation sites excluding steroid dienone is 4. The van der Waals surface area contributed by atoms with Crippen molar-refractivity contribution < 1.29 is 106 Å². The second kappa shape index (κ2) is 51.1. The number of likely N-dealkylation sites (tertiary alicyclic amines) is 1. The summed E-state index contributed by atoms with van der Waals surface area (Å²) in [5, 5.41) is 62.3. The fraction of sp³-hybridized carbons (Fsp3) is 0.690. The summed E-state index contributed by atoms with van der Waals surface area (Å²) in [7, 11) is 4.53. The summed E-state index contributed by atoms with van der Waals surface area (Å²) in [6.07, 6.45) is 9.92. The summed E-state index contributed by atoms with van der Waals surface area (Å²) in [5.74, 6) is -7.31. The number of aliphatic hydroxyl groups excluding tert-OH is 3. The van der Waals surface area contributed by atoms with Gasteiger partial charge in [0.25, 0.3) is 23.6 Å². The van der Waals surface area contributed by atoms with Crippen LogP contribution in [-0.2, 0) is 87.5 Å². The van der Waals surface area contributed by atoms with E-state index in [2.05, 4.69) is 37.3 Å². The van der Waals surface area contributed by atoms with Crippen molar-refractivity contribution in [3.8, 4) is 11.3 Å². The minimum Gasteiger partial charge on any atom is -0.459 e. The lowest BCUT2D eigenvalue weighted by atomic mass is 9.80. The van der Waals surface area contributed by atoms with Crippen LogP contribution in [0.4, 0.5) is 11.8 Å². The van der Waals surface area contributed by atoms with E-state index in [1.54, 1.807) is 56.9 Å². The lowest BCUT2D eigenvalue weighted by molar-refractivity contribution is -0.265. The predicted octanol–water partition coefficient (Wildman–Crippen LogP) is 6.42. The summed E-state index contributed by atoms with van der Waals surface area (Å²) in [4.78, 5) is 88.5. The molecule has 0 bridgehead atoms. The molecule has 5 heterocycles. The minimum atomic E-state index is -2.48. The molecule has 2 saturated heterocycles. The molecular formula is C84H132N12O22. The zero-order valence-electron chi connectivity index (χ0n) is 70.7. The Kier molecular flexibility index (Phi) is 42.2. The molecule has 15 atom stereocenters. The van der Waals surface area contributed by atoms with E-state index in [4.69, 9.17) is 83.7 Å². The maximum Gasteiger partial charge on any atom is 0.329 e. The first-order chi connectivity index (χ1) is 56.7. The second-order valence-corrected chi connectivity index (χ2v) is 31.2. The van der Waals surface area contributed by atoms with Crippen LogP contribution in [0.5, 0.6) is 0 Å². The van der Waals surface area contributed by atoms with Gasteiger partial charge in [-0.15, -0.1) is 0 Å². The lowest BCUT2D eigenvalue weighted by Gasteiger charge is -2.42. The van der Waals surface area contributed by atoms with Gasteiger partial charge in [0.1, 0.15) is 47.7 Å². The average molecular weight is 1660 g/mol. The molecule has 1 aliphatic carbocycles. The topological polar surface area (TPSA) is 464 Å². The van der Waals surface area contributed by atoms with Crippen molar-refractivity contribution in [1.82, 2.24) is 40.3 Å². The van der Waals surface area contributed by atoms with Gasteiger partial charge in [-0.2, -0.15) is 10.1 Å². The maximum atomic E-state index is 14.7. The molecule has 3 aliphatic rings. The van der Waals surface area contributed by atoms with Crippen LogP contribution in [0.3, 0.4) is 0 Å². The Hall–Kier alpha value is -7.78. The highest BCUT2D eigenvalue weighted by Gasteiger charge is 2.53. The number of nitrogen functional groups attached to an aromatic ring is 2. The Labute approximate surface area is 692 Å². The molecule has 4 aromatic rings. The van der Waals surface area contributed by atoms with Crippen LogP contribution in [0.1, 0.15) is 145 Å². The van der Waals surface area contributed by atoms with Gasteiger partial charge in [-0.1, -0.05) is 76.7 Å². The number of carbonyl (C=O) groups is 5. The van der Waals surface area contributed by atoms with Crippen LogP contribution in [0.2, 0.25) is 0 Å². The van der Waals surface area contributed by atoms with Crippen molar-refractivity contribution in [2.75, 3.05) is 138 Å². The molecule has 2 aliphatic heterocycles. The smallest absolute Gasteiger partial charge is 0.329 e. The lowest BCUT2D eigenvalue weighted by Crippen LogP contribution is -2.61. The van der Waals surface area contributed by atoms with Crippen molar-refractivity contribution in [2.45, 2.75) is 218 Å². The molecule has 0 unspecified atom stereocenters. The summed E-state index contributed by atoms with van der Waals surface area (Å²) >= 11 is 0. The molecular weight excluding hydrogens is 1530 g/mol. The third-order valence-electron chi connectivity index (χ3n) is 21.7. The summed E-state index contributed by atoms with van der Waals surface area (Å²) in [6.45, 7) is 21.6. The van der Waals surface area contributed by atoms with Gasteiger partial charge in [-0.25, -0.2) is 19.4 Å². The fourth-order valence-electron chi connectivity index (χ4n) is 15.1. The number of fused-ring (bicyclic) bond motifs is 2. The number of rotatable bonds is 55. The number of esters is 1. The molecule has 3 amide bonds. The SMILES string of the molecule is C=C/C=C/C=C(\C)[C@H](C[C@@H]1CC[C@@H](C)[C@](O)(C(=O)C(=O)N2CCCC[C@H]2C(=O)O[C@@H](C[C@@H](O)[C@H](C)/C=C(\C)[C@@H](O)[C@@H](OC)/C(=N/OCC(=O)NCCOCCOCCOCCOCCOCCOCCC(=O)NCCCCn2nc(-c3ccc4oc(N)nc4c3)c3c(N)ncnc32)[C@H](C)CC(C)C)[C@H](N)C[C@@H]2CC[C@@H](O)[C@H](OC)C2)O1)OC. The number of nitrogens with one attached hydrogen (secondary N) is 2. The number of oxazole rings is 1. The van der Waals surface area contributed by atoms with Gasteiger partial charge in [0.2, 0.25) is 11.7 Å². The number of unbranched alkanes of at least 4 members (excludes halogenated alkanes) is 1. The average Bonchev–Trinajstić information content (AvgIpc) is 1.52. The van der Waals surface area contributed by atoms with Crippen molar-refractivity contribution in [2.24, 2.45) is 40.5 Å². The number of aliphatic hydroxyl groups is 4. The molecule has 660 valence electrons. The maximum absolute atomic E-state index is 14.7. The van der Waals surface area contributed by atoms with E-state index < -0.39 is 109 Å². The van der Waals surface area contributed by atoms with Crippen molar-refractivity contribution in [3.63, 3.8) is 0 Å². The minimum absolute atomic E-state index is 0.0324. The quantitative estimate of drug-likeness (QED) is 0.00438. The number of amides is 3. The number of benzene rings is 1. The van der Waals surface area contributed by atoms with Gasteiger partial charge in [0.15, 0.2) is 17.8 Å².